The molecule has 0 aliphatic carbocycles. The maximum Gasteiger partial charge on any atom is 0.216 e. The third-order valence-electron chi connectivity index (χ3n) is 4.26. The Labute approximate surface area is 202 Å². The number of aryl methyl sites for hydroxylation is 1. The molecule has 2 rings (SSSR count). The van der Waals surface area contributed by atoms with E-state index in [1.807, 2.05) is 37.3 Å². The molecule has 0 heterocycles. The summed E-state index contributed by atoms with van der Waals surface area (Å²) in [5.74, 6) is 0.355. The predicted molar refractivity (Wildman–Crippen MR) is 136 cm³/mol. The Morgan fingerprint density at radius 1 is 1.03 bits per heavy atom. The van der Waals surface area contributed by atoms with E-state index in [1.54, 1.807) is 26.8 Å². The van der Waals surface area contributed by atoms with Crippen LogP contribution < -0.4 is 15.4 Å². The number of benzene rings is 2. The lowest BCUT2D eigenvalue weighted by Crippen LogP contribution is -2.36. The fourth-order valence-corrected chi connectivity index (χ4v) is 4.24. The first-order valence-corrected chi connectivity index (χ1v) is 11.7. The van der Waals surface area contributed by atoms with E-state index in [1.165, 1.54) is 6.07 Å². The number of aliphatic imine (C=N–C) groups is 1. The number of sulfonamides is 1. The van der Waals surface area contributed by atoms with E-state index in [0.29, 0.717) is 31.2 Å². The van der Waals surface area contributed by atoms with Gasteiger partial charge in [0, 0.05) is 19.1 Å². The maximum atomic E-state index is 13.7. The molecule has 172 valence electrons. The summed E-state index contributed by atoms with van der Waals surface area (Å²) in [5, 5.41) is 6.41. The number of rotatable bonds is 9. The second-order valence-corrected chi connectivity index (χ2v) is 9.23. The molecule has 2 aromatic rings. The Morgan fingerprint density at radius 2 is 1.65 bits per heavy atom. The van der Waals surface area contributed by atoms with E-state index in [0.717, 1.165) is 16.7 Å². The predicted octanol–water partition coefficient (Wildman–Crippen LogP) is 3.84. The standard InChI is InChI=1S/C22H31FN4O2S.HI/c1-5-24-22(26-14-20-7-6-17(4)21(23)12-20)25-13-18-8-10-19(11-9-18)15-30(28,29)27-16(2)3;/h6-12,16,27H,5,13-15H2,1-4H3,(H2,24,25,26);1H. The van der Waals surface area contributed by atoms with Crippen molar-refractivity contribution in [1.82, 2.24) is 15.4 Å². The van der Waals surface area contributed by atoms with Crippen molar-refractivity contribution in [3.8, 4) is 0 Å². The summed E-state index contributed by atoms with van der Waals surface area (Å²) in [6, 6.07) is 12.4. The summed E-state index contributed by atoms with van der Waals surface area (Å²) in [6.07, 6.45) is 0. The highest BCUT2D eigenvalue weighted by Crippen LogP contribution is 2.11. The van der Waals surface area contributed by atoms with Crippen molar-refractivity contribution in [1.29, 1.82) is 0 Å². The van der Waals surface area contributed by atoms with Crippen molar-refractivity contribution in [2.75, 3.05) is 6.54 Å². The molecule has 0 unspecified atom stereocenters. The Balaban J connectivity index is 0.00000480. The normalized spacial score (nSPS) is 11.9. The van der Waals surface area contributed by atoms with Gasteiger partial charge in [0.2, 0.25) is 10.0 Å². The van der Waals surface area contributed by atoms with Crippen LogP contribution in [0.5, 0.6) is 0 Å². The molecule has 9 heteroatoms. The molecule has 3 N–H and O–H groups in total. The van der Waals surface area contributed by atoms with Crippen LogP contribution in [0.3, 0.4) is 0 Å². The van der Waals surface area contributed by atoms with Crippen LogP contribution in [0.15, 0.2) is 47.5 Å². The van der Waals surface area contributed by atoms with E-state index in [9.17, 15) is 12.8 Å². The molecule has 0 saturated heterocycles. The largest absolute Gasteiger partial charge is 0.357 e. The summed E-state index contributed by atoms with van der Waals surface area (Å²) in [4.78, 5) is 4.50. The molecule has 6 nitrogen and oxygen atoms in total. The van der Waals surface area contributed by atoms with E-state index in [4.69, 9.17) is 0 Å². The molecule has 0 radical (unpaired) electrons. The average Bonchev–Trinajstić information content (AvgIpc) is 2.66. The van der Waals surface area contributed by atoms with E-state index >= 15 is 0 Å². The van der Waals surface area contributed by atoms with Crippen LogP contribution in [0.2, 0.25) is 0 Å². The number of halogens is 2. The molecule has 31 heavy (non-hydrogen) atoms. The highest BCUT2D eigenvalue weighted by molar-refractivity contribution is 14.0. The van der Waals surface area contributed by atoms with Gasteiger partial charge in [-0.1, -0.05) is 36.4 Å². The minimum absolute atomic E-state index is 0. The lowest BCUT2D eigenvalue weighted by molar-refractivity contribution is 0.569. The van der Waals surface area contributed by atoms with Crippen LogP contribution in [-0.2, 0) is 28.9 Å². The summed E-state index contributed by atoms with van der Waals surface area (Å²) >= 11 is 0. The molecule has 0 saturated carbocycles. The van der Waals surface area contributed by atoms with Crippen LogP contribution in [0.4, 0.5) is 4.39 Å². The number of hydrogen-bond donors (Lipinski definition) is 3. The molecule has 2 aromatic carbocycles. The number of hydrogen-bond acceptors (Lipinski definition) is 3. The van der Waals surface area contributed by atoms with Crippen LogP contribution in [0, 0.1) is 12.7 Å². The van der Waals surface area contributed by atoms with Gasteiger partial charge < -0.3 is 10.6 Å². The first-order chi connectivity index (χ1) is 14.2. The Hall–Kier alpha value is -1.72. The second-order valence-electron chi connectivity index (χ2n) is 7.48. The maximum absolute atomic E-state index is 13.7. The first-order valence-electron chi connectivity index (χ1n) is 10.0. The van der Waals surface area contributed by atoms with E-state index in [-0.39, 0.29) is 41.6 Å². The fraction of sp³-hybridized carbons (Fsp3) is 0.409. The molecule has 0 amide bonds. The van der Waals surface area contributed by atoms with Gasteiger partial charge in [0.15, 0.2) is 5.96 Å². The van der Waals surface area contributed by atoms with Gasteiger partial charge in [-0.2, -0.15) is 0 Å². The summed E-state index contributed by atoms with van der Waals surface area (Å²) in [7, 11) is -3.34. The average molecular weight is 562 g/mol. The van der Waals surface area contributed by atoms with Crippen molar-refractivity contribution in [2.45, 2.75) is 52.6 Å². The van der Waals surface area contributed by atoms with Gasteiger partial charge in [0.05, 0.1) is 12.3 Å². The Kier molecular flexibility index (Phi) is 11.4. The lowest BCUT2D eigenvalue weighted by Gasteiger charge is -2.12. The first kappa shape index (κ1) is 27.3. The molecule has 0 fully saturated rings. The SMILES string of the molecule is CCNC(=NCc1ccc(C)c(F)c1)NCc1ccc(CS(=O)(=O)NC(C)C)cc1.I. The number of nitrogens with one attached hydrogen (secondary N) is 3. The van der Waals surface area contributed by atoms with Crippen molar-refractivity contribution in [3.63, 3.8) is 0 Å². The monoisotopic (exact) mass is 562 g/mol. The summed E-state index contributed by atoms with van der Waals surface area (Å²) in [5.41, 5.74) is 3.15. The van der Waals surface area contributed by atoms with Crippen molar-refractivity contribution in [2.24, 2.45) is 4.99 Å². The molecular weight excluding hydrogens is 530 g/mol. The third kappa shape index (κ3) is 9.96. The zero-order chi connectivity index (χ0) is 22.1. The molecule has 0 aliphatic heterocycles. The van der Waals surface area contributed by atoms with Crippen LogP contribution in [0.25, 0.3) is 0 Å². The molecule has 0 atom stereocenters. The minimum atomic E-state index is -3.34. The zero-order valence-corrected chi connectivity index (χ0v) is 21.6. The van der Waals surface area contributed by atoms with E-state index < -0.39 is 10.0 Å². The molecule has 0 aromatic heterocycles. The third-order valence-corrected chi connectivity index (χ3v) is 5.80. The summed E-state index contributed by atoms with van der Waals surface area (Å²) < 4.78 is 40.4. The molecular formula is C22H32FIN4O2S. The van der Waals surface area contributed by atoms with Crippen molar-refractivity contribution >= 4 is 40.0 Å². The fourth-order valence-electron chi connectivity index (χ4n) is 2.81. The van der Waals surface area contributed by atoms with Crippen LogP contribution in [0.1, 0.15) is 43.0 Å². The minimum Gasteiger partial charge on any atom is -0.357 e. The number of nitrogens with zero attached hydrogens (tertiary/aromatic N) is 1. The van der Waals surface area contributed by atoms with Crippen LogP contribution in [-0.4, -0.2) is 27.0 Å². The lowest BCUT2D eigenvalue weighted by atomic mass is 10.1. The Morgan fingerprint density at radius 3 is 2.23 bits per heavy atom. The van der Waals surface area contributed by atoms with Gasteiger partial charge >= 0.3 is 0 Å². The van der Waals surface area contributed by atoms with Gasteiger partial charge in [0.1, 0.15) is 5.82 Å². The quantitative estimate of drug-likeness (QED) is 0.247. The van der Waals surface area contributed by atoms with Gasteiger partial charge in [-0.05, 0) is 56.0 Å². The highest BCUT2D eigenvalue weighted by Gasteiger charge is 2.12. The van der Waals surface area contributed by atoms with E-state index in [2.05, 4.69) is 20.3 Å². The van der Waals surface area contributed by atoms with Crippen molar-refractivity contribution < 1.29 is 12.8 Å². The van der Waals surface area contributed by atoms with Gasteiger partial charge in [-0.25, -0.2) is 22.5 Å². The zero-order valence-electron chi connectivity index (χ0n) is 18.4. The van der Waals surface area contributed by atoms with Crippen LogP contribution >= 0.6 is 24.0 Å². The molecule has 0 bridgehead atoms. The molecule has 0 aliphatic rings. The highest BCUT2D eigenvalue weighted by atomic mass is 127. The van der Waals surface area contributed by atoms with Crippen molar-refractivity contribution in [3.05, 3.63) is 70.5 Å². The van der Waals surface area contributed by atoms with Gasteiger partial charge in [-0.15, -0.1) is 24.0 Å². The summed E-state index contributed by atoms with van der Waals surface area (Å²) in [6.45, 7) is 8.90. The topological polar surface area (TPSA) is 82.6 Å². The Bertz CT molecular complexity index is 964. The van der Waals surface area contributed by atoms with Gasteiger partial charge in [-0.3, -0.25) is 0 Å². The second kappa shape index (κ2) is 13.0. The smallest absolute Gasteiger partial charge is 0.216 e. The van der Waals surface area contributed by atoms with Gasteiger partial charge in [0.25, 0.3) is 0 Å². The molecule has 0 spiro atoms. The number of guanidine groups is 1.